The number of hydrogen-bond acceptors (Lipinski definition) is 13. The Morgan fingerprint density at radius 1 is 0.587 bits per heavy atom. The molecule has 0 amide bonds. The highest BCUT2D eigenvalue weighted by Crippen LogP contribution is 2.29. The summed E-state index contributed by atoms with van der Waals surface area (Å²) in [5.41, 5.74) is 1.45. The van der Waals surface area contributed by atoms with Crippen LogP contribution in [0.1, 0.15) is 19.4 Å². The third-order valence-corrected chi connectivity index (χ3v) is 6.22. The van der Waals surface area contributed by atoms with Crippen LogP contribution in [0, 0.1) is 5.41 Å². The molecule has 0 aliphatic rings. The second-order valence-corrected chi connectivity index (χ2v) is 10.2. The lowest BCUT2D eigenvalue weighted by Gasteiger charge is -2.32. The molecule has 0 aliphatic heterocycles. The van der Waals surface area contributed by atoms with Gasteiger partial charge in [-0.1, -0.05) is 49.6 Å². The van der Waals surface area contributed by atoms with Crippen LogP contribution < -0.4 is 4.74 Å². The number of hydrogen-bond donors (Lipinski definition) is 0. The minimum atomic E-state index is -1.33. The molecule has 0 N–H and O–H groups in total. The van der Waals surface area contributed by atoms with Crippen molar-refractivity contribution >= 4 is 35.8 Å². The van der Waals surface area contributed by atoms with Gasteiger partial charge in [-0.05, 0) is 49.1 Å². The minimum Gasteiger partial charge on any atom is -0.461 e. The molecular weight excluding hydrogens is 604 g/mol. The van der Waals surface area contributed by atoms with Gasteiger partial charge < -0.3 is 33.2 Å². The molecule has 13 nitrogen and oxygen atoms in total. The summed E-state index contributed by atoms with van der Waals surface area (Å²) in [4.78, 5) is 71.3. The van der Waals surface area contributed by atoms with E-state index in [-0.39, 0.29) is 37.4 Å². The summed E-state index contributed by atoms with van der Waals surface area (Å²) < 4.78 is 35.2. The van der Waals surface area contributed by atoms with E-state index in [4.69, 9.17) is 23.7 Å². The van der Waals surface area contributed by atoms with Gasteiger partial charge in [0.1, 0.15) is 25.6 Å². The first kappa shape index (κ1) is 36.9. The summed E-state index contributed by atoms with van der Waals surface area (Å²) in [6.45, 7) is 8.65. The second-order valence-electron chi connectivity index (χ2n) is 10.2. The van der Waals surface area contributed by atoms with Crippen LogP contribution in [0.15, 0.2) is 72.8 Å². The van der Waals surface area contributed by atoms with E-state index in [1.165, 1.54) is 6.92 Å². The molecule has 0 saturated heterocycles. The molecule has 246 valence electrons. The van der Waals surface area contributed by atoms with Crippen molar-refractivity contribution in [3.8, 4) is 16.9 Å². The van der Waals surface area contributed by atoms with Gasteiger partial charge in [0.05, 0.1) is 32.8 Å². The van der Waals surface area contributed by atoms with E-state index < -0.39 is 54.4 Å². The molecule has 0 heterocycles. The molecule has 13 heteroatoms. The Kier molecular flexibility index (Phi) is 14.3. The molecule has 0 unspecified atom stereocenters. The van der Waals surface area contributed by atoms with Crippen molar-refractivity contribution < 1.29 is 61.9 Å². The minimum absolute atomic E-state index is 0.0670. The van der Waals surface area contributed by atoms with Crippen molar-refractivity contribution in [2.24, 2.45) is 5.41 Å². The standard InChI is InChI=1S/C33H36O13/c1-21(2)27(34)43-16-15-42-18-33(19-44-31(38)29(36)40-5,20-45-32(39)30(37)41-6)17-23-7-9-24(10-8-23)25-11-13-26(14-12-25)46-28(35)22(3)4/h7-14H,1,3,15-20H2,2,4-6H3. The zero-order valence-electron chi connectivity index (χ0n) is 26.1. The zero-order chi connectivity index (χ0) is 34.3. The number of carbonyl (C=O) groups is 6. The number of benzene rings is 2. The Morgan fingerprint density at radius 2 is 1.07 bits per heavy atom. The highest BCUT2D eigenvalue weighted by atomic mass is 16.6. The summed E-state index contributed by atoms with van der Waals surface area (Å²) in [6, 6.07) is 14.0. The van der Waals surface area contributed by atoms with E-state index in [1.54, 1.807) is 43.3 Å². The fourth-order valence-corrected chi connectivity index (χ4v) is 3.76. The van der Waals surface area contributed by atoms with Crippen molar-refractivity contribution in [1.29, 1.82) is 0 Å². The Balaban J connectivity index is 2.32. The SMILES string of the molecule is C=C(C)C(=O)OCCOCC(COC(=O)C(=O)OC)(COC(=O)C(=O)OC)Cc1ccc(-c2ccc(OC(=O)C(=C)C)cc2)cc1. The number of esters is 6. The van der Waals surface area contributed by atoms with Crippen LogP contribution in [0.5, 0.6) is 5.75 Å². The van der Waals surface area contributed by atoms with Crippen molar-refractivity contribution in [3.63, 3.8) is 0 Å². The molecule has 0 fully saturated rings. The van der Waals surface area contributed by atoms with Crippen LogP contribution in [0.2, 0.25) is 0 Å². The van der Waals surface area contributed by atoms with Gasteiger partial charge in [0.25, 0.3) is 0 Å². The molecule has 0 atom stereocenters. The first-order valence-electron chi connectivity index (χ1n) is 13.8. The van der Waals surface area contributed by atoms with Crippen LogP contribution in [0.25, 0.3) is 11.1 Å². The molecule has 0 aromatic heterocycles. The van der Waals surface area contributed by atoms with Gasteiger partial charge in [-0.25, -0.2) is 28.8 Å². The van der Waals surface area contributed by atoms with Gasteiger partial charge in [-0.15, -0.1) is 0 Å². The average molecular weight is 641 g/mol. The maximum Gasteiger partial charge on any atom is 0.417 e. The van der Waals surface area contributed by atoms with Gasteiger partial charge in [-0.2, -0.15) is 0 Å². The molecule has 2 rings (SSSR count). The summed E-state index contributed by atoms with van der Waals surface area (Å²) in [6.07, 6.45) is 0.0670. The van der Waals surface area contributed by atoms with Crippen LogP contribution in [-0.2, 0) is 63.6 Å². The topological polar surface area (TPSA) is 167 Å². The molecule has 0 aliphatic carbocycles. The van der Waals surface area contributed by atoms with E-state index in [9.17, 15) is 28.8 Å². The molecule has 2 aromatic carbocycles. The Hall–Kier alpha value is -5.30. The third-order valence-electron chi connectivity index (χ3n) is 6.22. The zero-order valence-corrected chi connectivity index (χ0v) is 26.1. The summed E-state index contributed by atoms with van der Waals surface area (Å²) in [5.74, 6) is -5.89. The summed E-state index contributed by atoms with van der Waals surface area (Å²) in [7, 11) is 2.02. The smallest absolute Gasteiger partial charge is 0.417 e. The number of rotatable bonds is 15. The fraction of sp³-hybridized carbons (Fsp3) is 0.333. The Morgan fingerprint density at radius 3 is 1.52 bits per heavy atom. The number of methoxy groups -OCH3 is 2. The van der Waals surface area contributed by atoms with E-state index in [1.807, 2.05) is 12.1 Å². The second kappa shape index (κ2) is 17.9. The highest BCUT2D eigenvalue weighted by molar-refractivity contribution is 6.30. The fourth-order valence-electron chi connectivity index (χ4n) is 3.76. The van der Waals surface area contributed by atoms with Gasteiger partial charge >= 0.3 is 35.8 Å². The molecule has 46 heavy (non-hydrogen) atoms. The lowest BCUT2D eigenvalue weighted by Crippen LogP contribution is -2.42. The van der Waals surface area contributed by atoms with Crippen LogP contribution in [0.3, 0.4) is 0 Å². The van der Waals surface area contributed by atoms with Crippen molar-refractivity contribution in [2.45, 2.75) is 20.3 Å². The van der Waals surface area contributed by atoms with E-state index >= 15 is 0 Å². The van der Waals surface area contributed by atoms with Gasteiger partial charge in [0, 0.05) is 11.1 Å². The molecule has 0 spiro atoms. The van der Waals surface area contributed by atoms with Crippen molar-refractivity contribution in [3.05, 3.63) is 78.4 Å². The molecule has 2 aromatic rings. The Bertz CT molecular complexity index is 1410. The number of ether oxygens (including phenoxy) is 7. The average Bonchev–Trinajstić information content (AvgIpc) is 3.05. The van der Waals surface area contributed by atoms with Crippen molar-refractivity contribution in [2.75, 3.05) is 47.3 Å². The van der Waals surface area contributed by atoms with Gasteiger partial charge in [0.2, 0.25) is 0 Å². The monoisotopic (exact) mass is 640 g/mol. The van der Waals surface area contributed by atoms with Crippen LogP contribution in [-0.4, -0.2) is 83.1 Å². The largest absolute Gasteiger partial charge is 0.461 e. The predicted octanol–water partition coefficient (Wildman–Crippen LogP) is 2.93. The van der Waals surface area contributed by atoms with Gasteiger partial charge in [-0.3, -0.25) is 0 Å². The number of carbonyl (C=O) groups excluding carboxylic acids is 6. The first-order valence-corrected chi connectivity index (χ1v) is 13.8. The quantitative estimate of drug-likeness (QED) is 0.0697. The van der Waals surface area contributed by atoms with Crippen LogP contribution >= 0.6 is 0 Å². The lowest BCUT2D eigenvalue weighted by molar-refractivity contribution is -0.175. The predicted molar refractivity (Wildman–Crippen MR) is 161 cm³/mol. The lowest BCUT2D eigenvalue weighted by atomic mass is 9.83. The summed E-state index contributed by atoms with van der Waals surface area (Å²) >= 11 is 0. The normalized spacial score (nSPS) is 10.6. The highest BCUT2D eigenvalue weighted by Gasteiger charge is 2.37. The maximum atomic E-state index is 12.2. The Labute approximate surface area is 266 Å². The van der Waals surface area contributed by atoms with E-state index in [2.05, 4.69) is 22.6 Å². The van der Waals surface area contributed by atoms with Crippen molar-refractivity contribution in [1.82, 2.24) is 0 Å². The van der Waals surface area contributed by atoms with Crippen LogP contribution in [0.4, 0.5) is 0 Å². The maximum absolute atomic E-state index is 12.2. The first-order chi connectivity index (χ1) is 21.8. The molecular formula is C33H36O13. The molecule has 0 bridgehead atoms. The molecule has 0 saturated carbocycles. The van der Waals surface area contributed by atoms with E-state index in [0.29, 0.717) is 11.3 Å². The summed E-state index contributed by atoms with van der Waals surface area (Å²) in [5, 5.41) is 0. The molecule has 0 radical (unpaired) electrons. The van der Waals surface area contributed by atoms with E-state index in [0.717, 1.165) is 25.3 Å². The third kappa shape index (κ3) is 11.7. The van der Waals surface area contributed by atoms with Gasteiger partial charge in [0.15, 0.2) is 0 Å².